The molecule has 0 aromatic heterocycles. The Morgan fingerprint density at radius 2 is 1.85 bits per heavy atom. The van der Waals surface area contributed by atoms with E-state index in [9.17, 15) is 18.0 Å². The minimum atomic E-state index is -3.89. The van der Waals surface area contributed by atoms with Crippen LogP contribution in [0.1, 0.15) is 65.6 Å². The molecule has 1 fully saturated rings. The van der Waals surface area contributed by atoms with Crippen LogP contribution >= 0.6 is 11.6 Å². The molecule has 3 aromatic rings. The van der Waals surface area contributed by atoms with Gasteiger partial charge in [0.15, 0.2) is 0 Å². The van der Waals surface area contributed by atoms with Crippen LogP contribution in [0.3, 0.4) is 0 Å². The lowest BCUT2D eigenvalue weighted by Crippen LogP contribution is -2.51. The van der Waals surface area contributed by atoms with Crippen molar-refractivity contribution >= 4 is 39.1 Å². The number of amides is 2. The van der Waals surface area contributed by atoms with Crippen molar-refractivity contribution in [3.8, 4) is 11.5 Å². The molecule has 1 spiro atoms. The lowest BCUT2D eigenvalue weighted by Gasteiger charge is -2.45. The Bertz CT molecular complexity index is 1820. The van der Waals surface area contributed by atoms with E-state index >= 15 is 0 Å². The molecule has 4 aliphatic rings. The standard InChI is InChI=1S/C37H42ClN3O6S/c1-46-30-11-6-25(7-12-30)21-40-17-2-3-18-48(44,45)39-35(42)27-9-15-34-33(20-27)41(22-28-8-13-31(28)36(40)43)23-37(24-47-34)16-4-5-26-19-29(38)10-14-32(26)37/h6-7,9-12,14-15,19-20,28,31H,2-5,8,13,16-18,21-24H2,1H3,(H,39,42)/t28-,31+,37-/m0/s1. The van der Waals surface area contributed by atoms with Gasteiger partial charge >= 0.3 is 0 Å². The van der Waals surface area contributed by atoms with Gasteiger partial charge in [-0.15, -0.1) is 0 Å². The Morgan fingerprint density at radius 3 is 2.62 bits per heavy atom. The number of hydrogen-bond donors (Lipinski definition) is 1. The number of aryl methyl sites for hydroxylation is 1. The second-order valence-corrected chi connectivity index (χ2v) is 16.1. The van der Waals surface area contributed by atoms with E-state index in [1.54, 1.807) is 25.3 Å². The van der Waals surface area contributed by atoms with Crippen LogP contribution in [0.25, 0.3) is 0 Å². The molecule has 48 heavy (non-hydrogen) atoms. The van der Waals surface area contributed by atoms with E-state index in [1.807, 2.05) is 35.2 Å². The average Bonchev–Trinajstić information content (AvgIpc) is 3.20. The quantitative estimate of drug-likeness (QED) is 0.374. The van der Waals surface area contributed by atoms with E-state index in [2.05, 4.69) is 21.8 Å². The summed E-state index contributed by atoms with van der Waals surface area (Å²) in [5.74, 6) is 0.622. The lowest BCUT2D eigenvalue weighted by molar-refractivity contribution is -0.141. The molecule has 11 heteroatoms. The molecule has 2 aliphatic heterocycles. The summed E-state index contributed by atoms with van der Waals surface area (Å²) in [6.45, 7) is 2.60. The molecule has 2 heterocycles. The zero-order valence-corrected chi connectivity index (χ0v) is 28.8. The van der Waals surface area contributed by atoms with Crippen molar-refractivity contribution in [2.24, 2.45) is 11.8 Å². The van der Waals surface area contributed by atoms with Crippen LogP contribution < -0.4 is 19.1 Å². The van der Waals surface area contributed by atoms with Gasteiger partial charge in [0.05, 0.1) is 25.2 Å². The molecule has 254 valence electrons. The number of ether oxygens (including phenoxy) is 2. The van der Waals surface area contributed by atoms with Gasteiger partial charge in [-0.25, -0.2) is 13.1 Å². The van der Waals surface area contributed by atoms with Crippen LogP contribution in [0.4, 0.5) is 5.69 Å². The van der Waals surface area contributed by atoms with Gasteiger partial charge in [0.25, 0.3) is 5.91 Å². The van der Waals surface area contributed by atoms with E-state index in [1.165, 1.54) is 11.1 Å². The first-order valence-corrected chi connectivity index (χ1v) is 18.9. The van der Waals surface area contributed by atoms with Crippen molar-refractivity contribution in [2.45, 2.75) is 56.9 Å². The van der Waals surface area contributed by atoms with E-state index in [-0.39, 0.29) is 34.5 Å². The summed E-state index contributed by atoms with van der Waals surface area (Å²) in [7, 11) is -2.27. The Morgan fingerprint density at radius 1 is 1.02 bits per heavy atom. The van der Waals surface area contributed by atoms with Gasteiger partial charge in [-0.05, 0) is 110 Å². The third-order valence-corrected chi connectivity index (χ3v) is 12.2. The highest BCUT2D eigenvalue weighted by atomic mass is 35.5. The van der Waals surface area contributed by atoms with Gasteiger partial charge in [0, 0.05) is 48.1 Å². The van der Waals surface area contributed by atoms with Gasteiger partial charge < -0.3 is 19.3 Å². The van der Waals surface area contributed by atoms with Crippen molar-refractivity contribution in [2.75, 3.05) is 44.0 Å². The van der Waals surface area contributed by atoms with Crippen LogP contribution in [0.5, 0.6) is 11.5 Å². The van der Waals surface area contributed by atoms with Crippen LogP contribution in [0.15, 0.2) is 60.7 Å². The van der Waals surface area contributed by atoms with Crippen LogP contribution in [0, 0.1) is 11.8 Å². The third-order valence-electron chi connectivity index (χ3n) is 10.7. The number of carbonyl (C=O) groups excluding carboxylic acids is 2. The van der Waals surface area contributed by atoms with E-state index in [0.29, 0.717) is 56.4 Å². The largest absolute Gasteiger partial charge is 0.497 e. The normalized spacial score (nSPS) is 25.5. The van der Waals surface area contributed by atoms with E-state index in [0.717, 1.165) is 49.1 Å². The summed E-state index contributed by atoms with van der Waals surface area (Å²) in [5, 5.41) is 0.717. The number of rotatable bonds is 3. The zero-order chi connectivity index (χ0) is 33.5. The minimum Gasteiger partial charge on any atom is -0.497 e. The maximum Gasteiger partial charge on any atom is 0.264 e. The predicted molar refractivity (Wildman–Crippen MR) is 185 cm³/mol. The topological polar surface area (TPSA) is 105 Å². The van der Waals surface area contributed by atoms with Crippen molar-refractivity contribution in [1.29, 1.82) is 0 Å². The number of sulfonamides is 1. The maximum atomic E-state index is 14.3. The number of carbonyl (C=O) groups is 2. The highest BCUT2D eigenvalue weighted by Crippen LogP contribution is 2.46. The van der Waals surface area contributed by atoms with E-state index < -0.39 is 15.9 Å². The zero-order valence-electron chi connectivity index (χ0n) is 27.3. The smallest absolute Gasteiger partial charge is 0.264 e. The first-order chi connectivity index (χ1) is 23.1. The van der Waals surface area contributed by atoms with Gasteiger partial charge in [-0.2, -0.15) is 0 Å². The number of fused-ring (bicyclic) bond motifs is 4. The molecule has 1 saturated carbocycles. The van der Waals surface area contributed by atoms with Crippen molar-refractivity contribution < 1.29 is 27.5 Å². The third kappa shape index (κ3) is 6.61. The fraction of sp³-hybridized carbons (Fsp3) is 0.459. The molecule has 0 radical (unpaired) electrons. The molecular weight excluding hydrogens is 650 g/mol. The molecule has 3 atom stereocenters. The van der Waals surface area contributed by atoms with E-state index in [4.69, 9.17) is 21.1 Å². The molecule has 2 aliphatic carbocycles. The Balaban J connectivity index is 1.25. The number of nitrogens with one attached hydrogen (secondary N) is 1. The van der Waals surface area contributed by atoms with Gasteiger partial charge in [0.2, 0.25) is 15.9 Å². The summed E-state index contributed by atoms with van der Waals surface area (Å²) in [5.41, 5.74) is 4.14. The van der Waals surface area contributed by atoms with Crippen LogP contribution in [0.2, 0.25) is 5.02 Å². The summed E-state index contributed by atoms with van der Waals surface area (Å²) >= 11 is 6.42. The van der Waals surface area contributed by atoms with Gasteiger partial charge in [-0.1, -0.05) is 29.8 Å². The number of halogens is 1. The Hall–Kier alpha value is -3.76. The summed E-state index contributed by atoms with van der Waals surface area (Å²) in [6.07, 6.45) is 5.44. The molecule has 7 rings (SSSR count). The first kappa shape index (κ1) is 32.8. The van der Waals surface area contributed by atoms with Crippen LogP contribution in [-0.2, 0) is 33.2 Å². The maximum absolute atomic E-state index is 14.3. The molecular formula is C37H42ClN3O6S. The number of benzene rings is 3. The molecule has 2 bridgehead atoms. The van der Waals surface area contributed by atoms with Crippen molar-refractivity contribution in [3.63, 3.8) is 0 Å². The molecule has 0 unspecified atom stereocenters. The minimum absolute atomic E-state index is 0.109. The average molecular weight is 692 g/mol. The second-order valence-electron chi connectivity index (χ2n) is 13.8. The number of anilines is 1. The Labute approximate surface area is 287 Å². The second kappa shape index (κ2) is 13.3. The summed E-state index contributed by atoms with van der Waals surface area (Å²) in [4.78, 5) is 31.8. The number of nitrogens with zero attached hydrogens (tertiary/aromatic N) is 2. The lowest BCUT2D eigenvalue weighted by atomic mass is 9.69. The fourth-order valence-corrected chi connectivity index (χ4v) is 9.23. The highest BCUT2D eigenvalue weighted by molar-refractivity contribution is 7.90. The molecule has 2 amide bonds. The summed E-state index contributed by atoms with van der Waals surface area (Å²) < 4.78 is 40.2. The first-order valence-electron chi connectivity index (χ1n) is 16.9. The van der Waals surface area contributed by atoms with Crippen molar-refractivity contribution in [3.05, 3.63) is 87.9 Å². The predicted octanol–water partition coefficient (Wildman–Crippen LogP) is 5.73. The molecule has 1 N–H and O–H groups in total. The van der Waals surface area contributed by atoms with Gasteiger partial charge in [-0.3, -0.25) is 9.59 Å². The highest BCUT2D eigenvalue weighted by Gasteiger charge is 2.45. The number of methoxy groups -OCH3 is 1. The monoisotopic (exact) mass is 691 g/mol. The van der Waals surface area contributed by atoms with Gasteiger partial charge in [0.1, 0.15) is 11.5 Å². The molecule has 9 nitrogen and oxygen atoms in total. The fourth-order valence-electron chi connectivity index (χ4n) is 7.95. The summed E-state index contributed by atoms with van der Waals surface area (Å²) in [6, 6.07) is 19.0. The molecule has 0 saturated heterocycles. The van der Waals surface area contributed by atoms with Crippen LogP contribution in [-0.4, -0.2) is 64.2 Å². The van der Waals surface area contributed by atoms with Crippen molar-refractivity contribution in [1.82, 2.24) is 9.62 Å². The SMILES string of the molecule is COc1ccc(CN2CCCCS(=O)(=O)NC(=O)c3ccc4c(c3)N(C[C@@H]3CC[C@H]3C2=O)C[C@@]2(CCCc3cc(Cl)ccc32)CO4)cc1. The number of hydrogen-bond acceptors (Lipinski definition) is 7. The Kier molecular flexibility index (Phi) is 9.06. The molecule has 3 aromatic carbocycles.